The van der Waals surface area contributed by atoms with Gasteiger partial charge in [-0.1, -0.05) is 17.3 Å². The van der Waals surface area contributed by atoms with Gasteiger partial charge < -0.3 is 14.2 Å². The maximum absolute atomic E-state index is 6.22. The second-order valence-electron chi connectivity index (χ2n) is 7.13. The second-order valence-corrected chi connectivity index (χ2v) is 7.13. The Morgan fingerprint density at radius 3 is 2.82 bits per heavy atom. The highest BCUT2D eigenvalue weighted by atomic mass is 16.5. The van der Waals surface area contributed by atoms with Crippen molar-refractivity contribution in [3.8, 4) is 28.5 Å². The summed E-state index contributed by atoms with van der Waals surface area (Å²) in [5.41, 5.74) is 2.56. The number of piperidine rings is 1. The van der Waals surface area contributed by atoms with Crippen molar-refractivity contribution < 1.29 is 9.26 Å². The van der Waals surface area contributed by atoms with Crippen molar-refractivity contribution in [2.24, 2.45) is 0 Å². The van der Waals surface area contributed by atoms with Crippen LogP contribution in [0.25, 0.3) is 33.6 Å². The molecule has 8 heteroatoms. The number of H-pyrrole nitrogens is 1. The Morgan fingerprint density at radius 1 is 1.11 bits per heavy atom. The first-order chi connectivity index (χ1) is 13.8. The minimum Gasteiger partial charge on any atom is -0.490 e. The Hall–Kier alpha value is -3.26. The van der Waals surface area contributed by atoms with Crippen LogP contribution in [0.1, 0.15) is 12.8 Å². The molecular formula is C20H20N6O2. The molecule has 4 aromatic rings. The first-order valence-electron chi connectivity index (χ1n) is 9.35. The normalized spacial score (nSPS) is 15.9. The van der Waals surface area contributed by atoms with E-state index in [1.165, 1.54) is 0 Å². The summed E-state index contributed by atoms with van der Waals surface area (Å²) in [6, 6.07) is 13.8. The topological polar surface area (TPSA) is 93.0 Å². The van der Waals surface area contributed by atoms with Gasteiger partial charge in [0, 0.05) is 24.2 Å². The molecule has 8 nitrogen and oxygen atoms in total. The van der Waals surface area contributed by atoms with Gasteiger partial charge in [-0.05, 0) is 55.4 Å². The van der Waals surface area contributed by atoms with E-state index in [9.17, 15) is 0 Å². The van der Waals surface area contributed by atoms with Gasteiger partial charge in [-0.25, -0.2) is 0 Å². The zero-order valence-corrected chi connectivity index (χ0v) is 15.5. The number of hydrogen-bond donors (Lipinski definition) is 1. The van der Waals surface area contributed by atoms with E-state index >= 15 is 0 Å². The fourth-order valence-electron chi connectivity index (χ4n) is 3.58. The standard InChI is InChI=1S/C20H20N6O2/c1-26-9-7-15(8-10-26)27-16-4-2-3-13(11-16)19-17-12-14(20-21-24-25-22-20)5-6-18(17)23-28-19/h2-6,11-12,15H,7-10H2,1H3,(H,21,22,24,25). The van der Waals surface area contributed by atoms with E-state index in [4.69, 9.17) is 9.26 Å². The summed E-state index contributed by atoms with van der Waals surface area (Å²) in [7, 11) is 2.15. The van der Waals surface area contributed by atoms with Gasteiger partial charge in [-0.3, -0.25) is 0 Å². The molecule has 1 N–H and O–H groups in total. The molecule has 2 aromatic carbocycles. The van der Waals surface area contributed by atoms with Gasteiger partial charge in [0.1, 0.15) is 17.4 Å². The summed E-state index contributed by atoms with van der Waals surface area (Å²) in [6.45, 7) is 2.13. The Balaban J connectivity index is 1.46. The number of benzene rings is 2. The molecule has 5 rings (SSSR count). The molecule has 0 atom stereocenters. The van der Waals surface area contributed by atoms with Gasteiger partial charge >= 0.3 is 0 Å². The van der Waals surface area contributed by atoms with Gasteiger partial charge in [0.05, 0.1) is 5.39 Å². The second kappa shape index (κ2) is 7.05. The van der Waals surface area contributed by atoms with Crippen molar-refractivity contribution in [3.05, 3.63) is 42.5 Å². The average molecular weight is 376 g/mol. The summed E-state index contributed by atoms with van der Waals surface area (Å²) >= 11 is 0. The minimum atomic E-state index is 0.253. The van der Waals surface area contributed by atoms with E-state index in [0.717, 1.165) is 53.7 Å². The third-order valence-electron chi connectivity index (χ3n) is 5.14. The Morgan fingerprint density at radius 2 is 2.00 bits per heavy atom. The lowest BCUT2D eigenvalue weighted by molar-refractivity contribution is 0.114. The third kappa shape index (κ3) is 3.22. The Bertz CT molecular complexity index is 1080. The summed E-state index contributed by atoms with van der Waals surface area (Å²) in [5.74, 6) is 2.09. The lowest BCUT2D eigenvalue weighted by atomic mass is 10.1. The number of aromatic amines is 1. The highest BCUT2D eigenvalue weighted by molar-refractivity contribution is 5.94. The van der Waals surface area contributed by atoms with Crippen molar-refractivity contribution in [3.63, 3.8) is 0 Å². The smallest absolute Gasteiger partial charge is 0.204 e. The molecule has 0 amide bonds. The minimum absolute atomic E-state index is 0.253. The number of hydrogen-bond acceptors (Lipinski definition) is 7. The van der Waals surface area contributed by atoms with E-state index in [-0.39, 0.29) is 6.10 Å². The molecule has 0 spiro atoms. The highest BCUT2D eigenvalue weighted by Crippen LogP contribution is 2.33. The SMILES string of the molecule is CN1CCC(Oc2cccc(-c3onc4ccc(-c5nn[nH]n5)cc34)c2)CC1. The van der Waals surface area contributed by atoms with Crippen LogP contribution >= 0.6 is 0 Å². The Kier molecular flexibility index (Phi) is 4.25. The molecule has 3 heterocycles. The van der Waals surface area contributed by atoms with Crippen molar-refractivity contribution in [2.75, 3.05) is 20.1 Å². The number of fused-ring (bicyclic) bond motifs is 1. The van der Waals surface area contributed by atoms with Crippen LogP contribution in [0.15, 0.2) is 47.0 Å². The van der Waals surface area contributed by atoms with Crippen molar-refractivity contribution in [1.82, 2.24) is 30.7 Å². The van der Waals surface area contributed by atoms with E-state index < -0.39 is 0 Å². The molecule has 142 valence electrons. The summed E-state index contributed by atoms with van der Waals surface area (Å²) in [6.07, 6.45) is 2.34. The zero-order valence-electron chi connectivity index (χ0n) is 15.5. The number of aromatic nitrogens is 5. The van der Waals surface area contributed by atoms with Crippen LogP contribution in [0.5, 0.6) is 5.75 Å². The van der Waals surface area contributed by atoms with Crippen LogP contribution in [0.4, 0.5) is 0 Å². The van der Waals surface area contributed by atoms with Crippen LogP contribution in [0.2, 0.25) is 0 Å². The molecule has 28 heavy (non-hydrogen) atoms. The molecule has 0 saturated carbocycles. The van der Waals surface area contributed by atoms with E-state index in [0.29, 0.717) is 11.6 Å². The molecule has 1 saturated heterocycles. The molecule has 1 aliphatic rings. The molecule has 1 fully saturated rings. The van der Waals surface area contributed by atoms with E-state index in [1.54, 1.807) is 0 Å². The number of likely N-dealkylation sites (tertiary alicyclic amines) is 1. The number of ether oxygens (including phenoxy) is 1. The molecule has 2 aromatic heterocycles. The Labute approximate surface area is 161 Å². The monoisotopic (exact) mass is 376 g/mol. The fraction of sp³-hybridized carbons (Fsp3) is 0.300. The molecule has 0 radical (unpaired) electrons. The largest absolute Gasteiger partial charge is 0.490 e. The van der Waals surface area contributed by atoms with Crippen molar-refractivity contribution in [1.29, 1.82) is 0 Å². The quantitative estimate of drug-likeness (QED) is 0.585. The van der Waals surface area contributed by atoms with Gasteiger partial charge in [-0.15, -0.1) is 10.2 Å². The number of nitrogens with one attached hydrogen (secondary N) is 1. The summed E-state index contributed by atoms with van der Waals surface area (Å²) in [5, 5.41) is 19.3. The van der Waals surface area contributed by atoms with Gasteiger partial charge in [0.2, 0.25) is 5.82 Å². The lowest BCUT2D eigenvalue weighted by Crippen LogP contribution is -2.35. The first-order valence-corrected chi connectivity index (χ1v) is 9.35. The summed E-state index contributed by atoms with van der Waals surface area (Å²) in [4.78, 5) is 2.33. The van der Waals surface area contributed by atoms with Crippen LogP contribution < -0.4 is 4.74 Å². The van der Waals surface area contributed by atoms with Crippen LogP contribution in [-0.4, -0.2) is 56.9 Å². The fourth-order valence-corrected chi connectivity index (χ4v) is 3.58. The van der Waals surface area contributed by atoms with E-state index in [2.05, 4.69) is 37.7 Å². The van der Waals surface area contributed by atoms with Gasteiger partial charge in [0.25, 0.3) is 0 Å². The zero-order chi connectivity index (χ0) is 18.9. The molecule has 0 unspecified atom stereocenters. The number of nitrogens with zero attached hydrogens (tertiary/aromatic N) is 5. The highest BCUT2D eigenvalue weighted by Gasteiger charge is 2.19. The van der Waals surface area contributed by atoms with Crippen molar-refractivity contribution >= 4 is 10.9 Å². The average Bonchev–Trinajstić information content (AvgIpc) is 3.39. The molecule has 0 aliphatic carbocycles. The van der Waals surface area contributed by atoms with Crippen molar-refractivity contribution in [2.45, 2.75) is 18.9 Å². The lowest BCUT2D eigenvalue weighted by Gasteiger charge is -2.29. The molecule has 0 bridgehead atoms. The van der Waals surface area contributed by atoms with Crippen LogP contribution in [0.3, 0.4) is 0 Å². The number of rotatable bonds is 4. The predicted molar refractivity (Wildman–Crippen MR) is 104 cm³/mol. The van der Waals surface area contributed by atoms with Crippen LogP contribution in [-0.2, 0) is 0 Å². The maximum Gasteiger partial charge on any atom is 0.204 e. The molecule has 1 aliphatic heterocycles. The van der Waals surface area contributed by atoms with E-state index in [1.807, 2.05) is 42.5 Å². The first kappa shape index (κ1) is 16.9. The number of tetrazole rings is 1. The van der Waals surface area contributed by atoms with Gasteiger partial charge in [-0.2, -0.15) is 5.21 Å². The van der Waals surface area contributed by atoms with Gasteiger partial charge in [0.15, 0.2) is 5.76 Å². The third-order valence-corrected chi connectivity index (χ3v) is 5.14. The molecular weight excluding hydrogens is 356 g/mol. The maximum atomic E-state index is 6.22. The predicted octanol–water partition coefficient (Wildman–Crippen LogP) is 3.15. The van der Waals surface area contributed by atoms with Crippen LogP contribution in [0, 0.1) is 0 Å². The summed E-state index contributed by atoms with van der Waals surface area (Å²) < 4.78 is 11.9.